The summed E-state index contributed by atoms with van der Waals surface area (Å²) in [5.74, 6) is 0. The standard InChI is InChI=1S/C4H2F4O3S/c5-1-3(7)10-12(9)11-4(8)2-6/h1-2H. The molecule has 0 saturated carbocycles. The highest BCUT2D eigenvalue weighted by Gasteiger charge is 2.09. The minimum atomic E-state index is -2.95. The van der Waals surface area contributed by atoms with Crippen LogP contribution in [0.4, 0.5) is 17.6 Å². The summed E-state index contributed by atoms with van der Waals surface area (Å²) in [5, 5.41) is 0. The maximum atomic E-state index is 11.7. The maximum absolute atomic E-state index is 11.7. The van der Waals surface area contributed by atoms with Gasteiger partial charge in [0.2, 0.25) is 0 Å². The molecule has 0 aliphatic rings. The van der Waals surface area contributed by atoms with E-state index >= 15 is 0 Å². The van der Waals surface area contributed by atoms with Gasteiger partial charge in [0.25, 0.3) is 0 Å². The summed E-state index contributed by atoms with van der Waals surface area (Å²) >= 11 is -2.95. The Balaban J connectivity index is 3.91. The zero-order chi connectivity index (χ0) is 9.56. The van der Waals surface area contributed by atoms with Gasteiger partial charge in [0.1, 0.15) is 0 Å². The molecule has 0 saturated heterocycles. The maximum Gasteiger partial charge on any atom is 0.422 e. The minimum Gasteiger partial charge on any atom is -0.338 e. The Kier molecular flexibility index (Phi) is 5.09. The molecule has 0 heterocycles. The zero-order valence-electron chi connectivity index (χ0n) is 5.30. The van der Waals surface area contributed by atoms with E-state index in [1.54, 1.807) is 0 Å². The molecule has 12 heavy (non-hydrogen) atoms. The second-order valence-corrected chi connectivity index (χ2v) is 1.94. The van der Waals surface area contributed by atoms with E-state index in [1.807, 2.05) is 0 Å². The van der Waals surface area contributed by atoms with Crippen molar-refractivity contribution in [1.82, 2.24) is 0 Å². The Labute approximate surface area is 67.1 Å². The van der Waals surface area contributed by atoms with E-state index in [9.17, 15) is 21.8 Å². The fourth-order valence-corrected chi connectivity index (χ4v) is 0.550. The first-order valence-electron chi connectivity index (χ1n) is 2.30. The van der Waals surface area contributed by atoms with Crippen LogP contribution in [-0.2, 0) is 19.7 Å². The Morgan fingerprint density at radius 3 is 1.67 bits per heavy atom. The van der Waals surface area contributed by atoms with Gasteiger partial charge in [-0.3, -0.25) is 0 Å². The molecular weight excluding hydrogens is 204 g/mol. The second kappa shape index (κ2) is 5.58. The van der Waals surface area contributed by atoms with Crippen molar-refractivity contribution >= 4 is 11.4 Å². The van der Waals surface area contributed by atoms with Gasteiger partial charge < -0.3 is 8.37 Å². The molecule has 0 atom stereocenters. The van der Waals surface area contributed by atoms with Crippen molar-refractivity contribution in [3.05, 3.63) is 24.7 Å². The summed E-state index contributed by atoms with van der Waals surface area (Å²) in [6, 6.07) is -3.75. The Hall–Kier alpha value is -1.05. The van der Waals surface area contributed by atoms with Crippen LogP contribution in [0.2, 0.25) is 0 Å². The summed E-state index contributed by atoms with van der Waals surface area (Å²) in [5.41, 5.74) is 0. The Bertz CT molecular complexity index is 204. The molecular formula is C4H2F4O3S. The minimum absolute atomic E-state index is 0.668. The third-order valence-electron chi connectivity index (χ3n) is 0.467. The molecule has 0 aromatic carbocycles. The van der Waals surface area contributed by atoms with Gasteiger partial charge in [-0.25, -0.2) is 8.78 Å². The smallest absolute Gasteiger partial charge is 0.338 e. The molecule has 0 unspecified atom stereocenters. The predicted molar refractivity (Wildman–Crippen MR) is 30.9 cm³/mol. The Morgan fingerprint density at radius 2 is 1.42 bits per heavy atom. The highest BCUT2D eigenvalue weighted by Crippen LogP contribution is 2.08. The van der Waals surface area contributed by atoms with Crippen LogP contribution in [0.25, 0.3) is 0 Å². The van der Waals surface area contributed by atoms with Crippen molar-refractivity contribution in [2.75, 3.05) is 0 Å². The van der Waals surface area contributed by atoms with Crippen LogP contribution < -0.4 is 0 Å². The van der Waals surface area contributed by atoms with Crippen LogP contribution in [0.1, 0.15) is 0 Å². The van der Waals surface area contributed by atoms with E-state index in [4.69, 9.17) is 0 Å². The van der Waals surface area contributed by atoms with Crippen molar-refractivity contribution in [3.8, 4) is 0 Å². The molecule has 0 fully saturated rings. The van der Waals surface area contributed by atoms with Crippen molar-refractivity contribution in [2.45, 2.75) is 0 Å². The van der Waals surface area contributed by atoms with Gasteiger partial charge in [0.05, 0.1) is 0 Å². The first kappa shape index (κ1) is 11.0. The topological polar surface area (TPSA) is 35.5 Å². The first-order chi connectivity index (χ1) is 5.60. The van der Waals surface area contributed by atoms with E-state index in [-0.39, 0.29) is 0 Å². The lowest BCUT2D eigenvalue weighted by molar-refractivity contribution is 0.237. The summed E-state index contributed by atoms with van der Waals surface area (Å²) in [7, 11) is 0. The van der Waals surface area contributed by atoms with E-state index < -0.39 is 36.0 Å². The number of hydrogen-bond acceptors (Lipinski definition) is 3. The molecule has 0 aliphatic carbocycles. The summed E-state index contributed by atoms with van der Waals surface area (Å²) < 4.78 is 62.6. The first-order valence-corrected chi connectivity index (χ1v) is 3.30. The Morgan fingerprint density at radius 1 is 1.08 bits per heavy atom. The molecule has 3 nitrogen and oxygen atoms in total. The quantitative estimate of drug-likeness (QED) is 0.521. The highest BCUT2D eigenvalue weighted by atomic mass is 32.2. The van der Waals surface area contributed by atoms with Gasteiger partial charge >= 0.3 is 23.4 Å². The van der Waals surface area contributed by atoms with Gasteiger partial charge in [-0.2, -0.15) is 13.0 Å². The van der Waals surface area contributed by atoms with Gasteiger partial charge in [0, 0.05) is 0 Å². The van der Waals surface area contributed by atoms with Crippen LogP contribution in [-0.4, -0.2) is 4.21 Å². The van der Waals surface area contributed by atoms with Gasteiger partial charge in [-0.1, -0.05) is 0 Å². The SMILES string of the molecule is O=S(OC(F)=CF)OC(F)=CF. The molecule has 0 rings (SSSR count). The van der Waals surface area contributed by atoms with Crippen LogP contribution in [0.3, 0.4) is 0 Å². The molecule has 70 valence electrons. The predicted octanol–water partition coefficient (Wildman–Crippen LogP) is 2.07. The lowest BCUT2D eigenvalue weighted by Crippen LogP contribution is -1.97. The molecule has 0 aromatic heterocycles. The van der Waals surface area contributed by atoms with E-state index in [1.165, 1.54) is 0 Å². The summed E-state index contributed by atoms with van der Waals surface area (Å²) in [6.45, 7) is 0. The molecule has 8 heteroatoms. The second-order valence-electron chi connectivity index (χ2n) is 1.20. The van der Waals surface area contributed by atoms with Crippen molar-refractivity contribution in [1.29, 1.82) is 0 Å². The average molecular weight is 206 g/mol. The third-order valence-corrected chi connectivity index (χ3v) is 1.06. The lowest BCUT2D eigenvalue weighted by atomic mass is 11.1. The largest absolute Gasteiger partial charge is 0.422 e. The zero-order valence-corrected chi connectivity index (χ0v) is 6.12. The molecule has 0 spiro atoms. The molecule has 0 aromatic rings. The normalized spacial score (nSPS) is 15.7. The summed E-state index contributed by atoms with van der Waals surface area (Å²) in [6.07, 6.45) is -1.34. The molecule has 0 bridgehead atoms. The fourth-order valence-electron chi connectivity index (χ4n) is 0.183. The van der Waals surface area contributed by atoms with Gasteiger partial charge in [0.15, 0.2) is 12.7 Å². The van der Waals surface area contributed by atoms with E-state index in [2.05, 4.69) is 8.37 Å². The van der Waals surface area contributed by atoms with Crippen molar-refractivity contribution < 1.29 is 30.1 Å². The summed E-state index contributed by atoms with van der Waals surface area (Å²) in [4.78, 5) is 0. The van der Waals surface area contributed by atoms with Gasteiger partial charge in [-0.15, -0.1) is 0 Å². The van der Waals surface area contributed by atoms with Crippen LogP contribution >= 0.6 is 0 Å². The third kappa shape index (κ3) is 4.72. The highest BCUT2D eigenvalue weighted by molar-refractivity contribution is 7.75. The number of hydrogen-bond donors (Lipinski definition) is 0. The average Bonchev–Trinajstić information content (AvgIpc) is 2.03. The fraction of sp³-hybridized carbons (Fsp3) is 0. The molecule has 0 amide bonds. The molecule has 0 aliphatic heterocycles. The monoisotopic (exact) mass is 206 g/mol. The van der Waals surface area contributed by atoms with Crippen LogP contribution in [0.15, 0.2) is 24.7 Å². The van der Waals surface area contributed by atoms with Crippen LogP contribution in [0.5, 0.6) is 0 Å². The lowest BCUT2D eigenvalue weighted by Gasteiger charge is -1.98. The number of halogens is 4. The van der Waals surface area contributed by atoms with E-state index in [0.29, 0.717) is 0 Å². The number of rotatable bonds is 4. The van der Waals surface area contributed by atoms with E-state index in [0.717, 1.165) is 0 Å². The van der Waals surface area contributed by atoms with Crippen molar-refractivity contribution in [3.63, 3.8) is 0 Å². The van der Waals surface area contributed by atoms with Crippen molar-refractivity contribution in [2.24, 2.45) is 0 Å². The van der Waals surface area contributed by atoms with Crippen LogP contribution in [0, 0.1) is 0 Å². The van der Waals surface area contributed by atoms with Gasteiger partial charge in [-0.05, 0) is 0 Å². The molecule has 0 N–H and O–H groups in total. The molecule has 0 radical (unpaired) electrons.